The normalized spacial score (nSPS) is 27.4. The number of hydrogen-bond acceptors (Lipinski definition) is 0. The van der Waals surface area contributed by atoms with Crippen LogP contribution < -0.4 is 4.98 Å². The zero-order chi connectivity index (χ0) is 25.3. The van der Waals surface area contributed by atoms with E-state index in [9.17, 15) is 0 Å². The van der Waals surface area contributed by atoms with Gasteiger partial charge < -0.3 is 4.98 Å². The Bertz CT molecular complexity index is 1970. The molecule has 1 nitrogen and oxygen atoms in total. The maximum Gasteiger partial charge on any atom is 0.0271 e. The number of fused-ring (bicyclic) bond motifs is 8. The molecule has 5 aliphatic carbocycles. The van der Waals surface area contributed by atoms with Gasteiger partial charge in [-0.05, 0) is 117 Å². The minimum Gasteiger partial charge on any atom is -0.656 e. The first-order valence-electron chi connectivity index (χ1n) is 14.9. The maximum absolute atomic E-state index is 5.16. The van der Waals surface area contributed by atoms with Crippen molar-refractivity contribution in [3.05, 3.63) is 108 Å². The van der Waals surface area contributed by atoms with Crippen LogP contribution >= 0.6 is 0 Å². The monoisotopic (exact) mass is 684 g/mol. The van der Waals surface area contributed by atoms with Crippen molar-refractivity contribution in [1.29, 1.82) is 0 Å². The van der Waals surface area contributed by atoms with Crippen molar-refractivity contribution < 1.29 is 21.1 Å². The molecule has 6 aromatic rings. The molecular formula is C38H30NW-. The second kappa shape index (κ2) is 8.20. The van der Waals surface area contributed by atoms with Crippen LogP contribution in [0.3, 0.4) is 0 Å². The van der Waals surface area contributed by atoms with E-state index in [-0.39, 0.29) is 26.5 Å². The van der Waals surface area contributed by atoms with Gasteiger partial charge in [0, 0.05) is 26.5 Å². The Morgan fingerprint density at radius 3 is 2.08 bits per heavy atom. The first-order chi connectivity index (χ1) is 19.3. The Kier molecular flexibility index (Phi) is 4.83. The fourth-order valence-electron chi connectivity index (χ4n) is 10.1. The summed E-state index contributed by atoms with van der Waals surface area (Å²) in [5, 5.41) is 4.99. The fourth-order valence-corrected chi connectivity index (χ4v) is 10.1. The molecular weight excluding hydrogens is 654 g/mol. The van der Waals surface area contributed by atoms with Crippen LogP contribution in [0.2, 0.25) is 0 Å². The number of benzene rings is 5. The Balaban J connectivity index is 0.00000230. The number of hydrogen-bond donors (Lipinski definition) is 0. The molecule has 0 amide bonds. The summed E-state index contributed by atoms with van der Waals surface area (Å²) < 4.78 is 0. The second-order valence-electron chi connectivity index (χ2n) is 13.0. The average Bonchev–Trinajstić information content (AvgIpc) is 3.49. The van der Waals surface area contributed by atoms with Crippen LogP contribution in [-0.4, -0.2) is 0 Å². The molecule has 1 spiro atoms. The van der Waals surface area contributed by atoms with Crippen molar-refractivity contribution in [2.45, 2.75) is 37.5 Å². The molecule has 0 N–H and O–H groups in total. The number of aromatic nitrogens is 1. The van der Waals surface area contributed by atoms with Crippen molar-refractivity contribution >= 4 is 32.6 Å². The van der Waals surface area contributed by atoms with Gasteiger partial charge in [-0.3, -0.25) is 0 Å². The van der Waals surface area contributed by atoms with Crippen molar-refractivity contribution in [3.63, 3.8) is 0 Å². The first kappa shape index (κ1) is 23.5. The van der Waals surface area contributed by atoms with E-state index in [4.69, 9.17) is 4.98 Å². The molecule has 1 aromatic heterocycles. The number of nitrogens with zero attached hydrogens (tertiary/aromatic N) is 1. The van der Waals surface area contributed by atoms with Crippen LogP contribution in [0, 0.1) is 23.7 Å². The SMILES string of the molecule is [W].c1ccc2c(c1)-c1cc(-c3ccc4c(c3)[n-]c3c5ccccc5ccc43)ccc1C21C2CC3CC(C2)CC1C3. The Morgan fingerprint density at radius 1 is 0.550 bits per heavy atom. The van der Waals surface area contributed by atoms with Gasteiger partial charge in [0.15, 0.2) is 0 Å². The van der Waals surface area contributed by atoms with E-state index in [0.717, 1.165) is 34.7 Å². The molecule has 40 heavy (non-hydrogen) atoms. The molecule has 4 saturated carbocycles. The van der Waals surface area contributed by atoms with Gasteiger partial charge in [0.25, 0.3) is 0 Å². The number of rotatable bonds is 1. The van der Waals surface area contributed by atoms with Crippen LogP contribution in [0.15, 0.2) is 97.1 Å². The van der Waals surface area contributed by atoms with Gasteiger partial charge in [-0.15, -0.1) is 11.0 Å². The molecule has 0 radical (unpaired) electrons. The molecule has 194 valence electrons. The second-order valence-corrected chi connectivity index (χ2v) is 13.0. The minimum atomic E-state index is 0. The van der Waals surface area contributed by atoms with Gasteiger partial charge >= 0.3 is 0 Å². The zero-order valence-corrected chi connectivity index (χ0v) is 25.4. The summed E-state index contributed by atoms with van der Waals surface area (Å²) in [6, 6.07) is 36.8. The van der Waals surface area contributed by atoms with Crippen molar-refractivity contribution in [3.8, 4) is 22.3 Å². The summed E-state index contributed by atoms with van der Waals surface area (Å²) in [6.45, 7) is 0. The van der Waals surface area contributed by atoms with E-state index in [2.05, 4.69) is 97.1 Å². The van der Waals surface area contributed by atoms with Crippen molar-refractivity contribution in [1.82, 2.24) is 4.98 Å². The molecule has 0 aliphatic heterocycles. The Labute approximate surface area is 249 Å². The summed E-state index contributed by atoms with van der Waals surface area (Å²) in [6.07, 6.45) is 7.24. The third kappa shape index (κ3) is 2.87. The van der Waals surface area contributed by atoms with Gasteiger partial charge in [-0.2, -0.15) is 0 Å². The van der Waals surface area contributed by atoms with Gasteiger partial charge in [-0.25, -0.2) is 0 Å². The summed E-state index contributed by atoms with van der Waals surface area (Å²) in [7, 11) is 0. The smallest absolute Gasteiger partial charge is 0.0271 e. The van der Waals surface area contributed by atoms with E-state index in [1.807, 2.05) is 0 Å². The Morgan fingerprint density at radius 2 is 1.23 bits per heavy atom. The molecule has 5 aliphatic rings. The van der Waals surface area contributed by atoms with Crippen LogP contribution in [0.5, 0.6) is 0 Å². The van der Waals surface area contributed by atoms with E-state index in [0.29, 0.717) is 0 Å². The largest absolute Gasteiger partial charge is 0.656 e. The van der Waals surface area contributed by atoms with Crippen LogP contribution in [-0.2, 0) is 26.5 Å². The topological polar surface area (TPSA) is 14.1 Å². The van der Waals surface area contributed by atoms with E-state index in [1.54, 1.807) is 11.1 Å². The summed E-state index contributed by atoms with van der Waals surface area (Å²) in [4.78, 5) is 5.16. The fraction of sp³-hybridized carbons (Fsp3) is 0.263. The predicted molar refractivity (Wildman–Crippen MR) is 161 cm³/mol. The molecule has 0 atom stereocenters. The van der Waals surface area contributed by atoms with E-state index >= 15 is 0 Å². The summed E-state index contributed by atoms with van der Waals surface area (Å²) in [5.41, 5.74) is 11.3. The molecule has 0 unspecified atom stereocenters. The standard InChI is InChI=1S/C38H30N.W/c1-2-6-29-24(5-1)9-13-32-31-12-10-26(21-36(31)39-37(29)32)25-11-14-35-33(20-25)30-7-3-4-8-34(30)38(35)27-16-22-15-23(18-27)19-28(38)17-22;/h1-14,20-23,27-28H,15-19H2;/q-1;. The molecule has 4 fully saturated rings. The third-order valence-electron chi connectivity index (χ3n) is 11.3. The van der Waals surface area contributed by atoms with Crippen LogP contribution in [0.25, 0.3) is 54.8 Å². The summed E-state index contributed by atoms with van der Waals surface area (Å²) >= 11 is 0. The first-order valence-corrected chi connectivity index (χ1v) is 14.9. The van der Waals surface area contributed by atoms with Crippen molar-refractivity contribution in [2.75, 3.05) is 0 Å². The van der Waals surface area contributed by atoms with Gasteiger partial charge in [0.1, 0.15) is 0 Å². The van der Waals surface area contributed by atoms with Crippen LogP contribution in [0.1, 0.15) is 43.2 Å². The van der Waals surface area contributed by atoms with E-state index < -0.39 is 0 Å². The van der Waals surface area contributed by atoms with Gasteiger partial charge in [-0.1, -0.05) is 91.0 Å². The molecule has 1 heterocycles. The molecule has 11 rings (SSSR count). The van der Waals surface area contributed by atoms with Crippen molar-refractivity contribution in [2.24, 2.45) is 23.7 Å². The average molecular weight is 685 g/mol. The summed E-state index contributed by atoms with van der Waals surface area (Å²) in [5.74, 6) is 3.58. The molecule has 2 heteroatoms. The quantitative estimate of drug-likeness (QED) is 0.168. The molecule has 4 bridgehead atoms. The molecule has 5 aromatic carbocycles. The predicted octanol–water partition coefficient (Wildman–Crippen LogP) is 9.49. The van der Waals surface area contributed by atoms with E-state index in [1.165, 1.54) is 75.9 Å². The van der Waals surface area contributed by atoms with Crippen LogP contribution in [0.4, 0.5) is 0 Å². The van der Waals surface area contributed by atoms with Gasteiger partial charge in [0.05, 0.1) is 0 Å². The maximum atomic E-state index is 5.16. The Hall–Kier alpha value is -3.15. The van der Waals surface area contributed by atoms with Gasteiger partial charge in [0.2, 0.25) is 0 Å². The zero-order valence-electron chi connectivity index (χ0n) is 22.4. The third-order valence-corrected chi connectivity index (χ3v) is 11.3. The minimum absolute atomic E-state index is 0. The molecule has 0 saturated heterocycles.